The van der Waals surface area contributed by atoms with Gasteiger partial charge in [0.05, 0.1) is 18.6 Å². The smallest absolute Gasteiger partial charge is 0.331 e. The van der Waals surface area contributed by atoms with E-state index in [1.54, 1.807) is 33.9 Å². The lowest BCUT2D eigenvalue weighted by molar-refractivity contribution is -0.154. The first-order valence-corrected chi connectivity index (χ1v) is 13.8. The first-order valence-electron chi connectivity index (χ1n) is 13.8. The Kier molecular flexibility index (Phi) is 12.5. The van der Waals surface area contributed by atoms with Crippen LogP contribution in [-0.2, 0) is 29.3 Å². The summed E-state index contributed by atoms with van der Waals surface area (Å²) in [6, 6.07) is 7.03. The average molecular weight is 572 g/mol. The third-order valence-corrected chi connectivity index (χ3v) is 6.80. The Morgan fingerprint density at radius 2 is 1.56 bits per heavy atom. The molecular formula is C32H49N3O6. The zero-order valence-electron chi connectivity index (χ0n) is 26.3. The van der Waals surface area contributed by atoms with Gasteiger partial charge in [-0.3, -0.25) is 19.7 Å². The number of hydrogen-bond donors (Lipinski definition) is 3. The lowest BCUT2D eigenvalue weighted by Gasteiger charge is -2.39. The van der Waals surface area contributed by atoms with Gasteiger partial charge in [0.2, 0.25) is 11.8 Å². The second-order valence-electron chi connectivity index (χ2n) is 13.0. The van der Waals surface area contributed by atoms with Crippen molar-refractivity contribution in [2.75, 3.05) is 13.6 Å². The molecule has 0 aromatic heterocycles. The molecule has 9 nitrogen and oxygen atoms in total. The summed E-state index contributed by atoms with van der Waals surface area (Å²) in [4.78, 5) is 53.3. The van der Waals surface area contributed by atoms with E-state index < -0.39 is 52.4 Å². The molecule has 228 valence electrons. The SMILES string of the molecule is C=CC[C@@H](/C=C(\C)C(=O)O)N(C)C(=O)[C@@H](NC(=O)C(NCC(=O)OC(C)(C)C)C(C)(C)c1ccccc1)C(C)(C)C. The molecule has 1 aromatic rings. The highest BCUT2D eigenvalue weighted by Crippen LogP contribution is 2.29. The van der Waals surface area contributed by atoms with Crippen molar-refractivity contribution in [1.82, 2.24) is 15.5 Å². The van der Waals surface area contributed by atoms with Crippen LogP contribution >= 0.6 is 0 Å². The molecule has 1 aromatic carbocycles. The molecule has 1 unspecified atom stereocenters. The van der Waals surface area contributed by atoms with Crippen LogP contribution in [-0.4, -0.2) is 71.1 Å². The summed E-state index contributed by atoms with van der Waals surface area (Å²) < 4.78 is 5.44. The number of carboxylic acids is 1. The molecule has 3 atom stereocenters. The van der Waals surface area contributed by atoms with Crippen molar-refractivity contribution in [2.45, 2.75) is 97.9 Å². The van der Waals surface area contributed by atoms with Gasteiger partial charge in [-0.1, -0.05) is 77.1 Å². The summed E-state index contributed by atoms with van der Waals surface area (Å²) in [7, 11) is 1.58. The Morgan fingerprint density at radius 3 is 2.02 bits per heavy atom. The number of nitrogens with one attached hydrogen (secondary N) is 2. The van der Waals surface area contributed by atoms with Gasteiger partial charge in [-0.15, -0.1) is 6.58 Å². The number of benzene rings is 1. The maximum Gasteiger partial charge on any atom is 0.331 e. The molecule has 0 spiro atoms. The second-order valence-corrected chi connectivity index (χ2v) is 13.0. The van der Waals surface area contributed by atoms with Gasteiger partial charge in [0.1, 0.15) is 11.6 Å². The molecule has 0 bridgehead atoms. The van der Waals surface area contributed by atoms with Crippen molar-refractivity contribution in [3.63, 3.8) is 0 Å². The van der Waals surface area contributed by atoms with E-state index in [0.29, 0.717) is 6.42 Å². The normalized spacial score (nSPS) is 14.8. The number of ether oxygens (including phenoxy) is 1. The number of hydrogen-bond acceptors (Lipinski definition) is 6. The van der Waals surface area contributed by atoms with Crippen LogP contribution in [0.2, 0.25) is 0 Å². The highest BCUT2D eigenvalue weighted by Gasteiger charge is 2.42. The van der Waals surface area contributed by atoms with E-state index in [4.69, 9.17) is 4.74 Å². The Morgan fingerprint density at radius 1 is 1.00 bits per heavy atom. The number of amides is 2. The molecule has 0 saturated heterocycles. The standard InChI is InChI=1S/C32H49N3O6/c1-12-16-23(19-21(2)29(39)40)35(11)28(38)26(30(3,4)5)34-27(37)25(33-20-24(36)41-31(6,7)8)32(9,10)22-17-14-13-15-18-22/h12-15,17-19,23,25-26,33H,1,16,20H2,2-11H3,(H,34,37)(H,39,40)/b21-19+/t23-,25?,26+/m0/s1. The molecule has 0 saturated carbocycles. The summed E-state index contributed by atoms with van der Waals surface area (Å²) in [5, 5.41) is 15.4. The molecule has 0 heterocycles. The zero-order valence-corrected chi connectivity index (χ0v) is 26.3. The fraction of sp³-hybridized carbons (Fsp3) is 0.562. The molecule has 0 aliphatic carbocycles. The van der Waals surface area contributed by atoms with E-state index in [0.717, 1.165) is 5.56 Å². The Labute approximate surface area is 245 Å². The Bertz CT molecular complexity index is 1110. The molecule has 2 amide bonds. The summed E-state index contributed by atoms with van der Waals surface area (Å²) in [6.07, 6.45) is 3.45. The molecule has 1 rings (SSSR count). The minimum Gasteiger partial charge on any atom is -0.478 e. The molecule has 0 radical (unpaired) electrons. The van der Waals surface area contributed by atoms with Gasteiger partial charge in [-0.2, -0.15) is 0 Å². The molecule has 0 aliphatic rings. The van der Waals surface area contributed by atoms with Gasteiger partial charge in [0, 0.05) is 18.0 Å². The van der Waals surface area contributed by atoms with Crippen LogP contribution in [0.5, 0.6) is 0 Å². The maximum absolute atomic E-state index is 14.0. The highest BCUT2D eigenvalue weighted by molar-refractivity contribution is 5.92. The van der Waals surface area contributed by atoms with Crippen molar-refractivity contribution in [1.29, 1.82) is 0 Å². The highest BCUT2D eigenvalue weighted by atomic mass is 16.6. The van der Waals surface area contributed by atoms with Gasteiger partial charge in [-0.25, -0.2) is 4.79 Å². The largest absolute Gasteiger partial charge is 0.478 e. The number of aliphatic carboxylic acids is 1. The molecule has 41 heavy (non-hydrogen) atoms. The lowest BCUT2D eigenvalue weighted by Crippen LogP contribution is -2.62. The van der Waals surface area contributed by atoms with Crippen molar-refractivity contribution in [2.24, 2.45) is 5.41 Å². The third kappa shape index (κ3) is 10.8. The van der Waals surface area contributed by atoms with Crippen LogP contribution < -0.4 is 10.6 Å². The fourth-order valence-electron chi connectivity index (χ4n) is 4.38. The summed E-state index contributed by atoms with van der Waals surface area (Å²) in [5.74, 6) is -2.42. The predicted octanol–water partition coefficient (Wildman–Crippen LogP) is 4.23. The van der Waals surface area contributed by atoms with E-state index in [-0.39, 0.29) is 18.0 Å². The summed E-state index contributed by atoms with van der Waals surface area (Å²) >= 11 is 0. The fourth-order valence-corrected chi connectivity index (χ4v) is 4.38. The monoisotopic (exact) mass is 571 g/mol. The molecule has 9 heteroatoms. The Hall–Kier alpha value is -3.46. The number of carboxylic acid groups (broad SMARTS) is 1. The molecule has 0 fully saturated rings. The molecular weight excluding hydrogens is 522 g/mol. The molecule has 3 N–H and O–H groups in total. The van der Waals surface area contributed by atoms with Crippen molar-refractivity contribution in [3.8, 4) is 0 Å². The third-order valence-electron chi connectivity index (χ3n) is 6.80. The van der Waals surface area contributed by atoms with E-state index in [1.807, 2.05) is 65.0 Å². The minimum atomic E-state index is -1.08. The number of rotatable bonds is 13. The van der Waals surface area contributed by atoms with E-state index in [1.165, 1.54) is 17.9 Å². The van der Waals surface area contributed by atoms with Crippen molar-refractivity contribution in [3.05, 3.63) is 60.2 Å². The number of likely N-dealkylation sites (N-methyl/N-ethyl adjacent to an activating group) is 1. The topological polar surface area (TPSA) is 125 Å². The number of carbonyl (C=O) groups is 4. The van der Waals surface area contributed by atoms with Gasteiger partial charge in [0.25, 0.3) is 0 Å². The summed E-state index contributed by atoms with van der Waals surface area (Å²) in [6.45, 7) is 19.6. The summed E-state index contributed by atoms with van der Waals surface area (Å²) in [5.41, 5.74) is -1.19. The van der Waals surface area contributed by atoms with Gasteiger partial charge in [-0.05, 0) is 45.1 Å². The predicted molar refractivity (Wildman–Crippen MR) is 161 cm³/mol. The quantitative estimate of drug-likeness (QED) is 0.184. The van der Waals surface area contributed by atoms with Crippen LogP contribution in [0, 0.1) is 5.41 Å². The van der Waals surface area contributed by atoms with E-state index in [9.17, 15) is 24.3 Å². The number of esters is 1. The van der Waals surface area contributed by atoms with Gasteiger partial charge < -0.3 is 20.1 Å². The van der Waals surface area contributed by atoms with Crippen LogP contribution in [0.4, 0.5) is 0 Å². The second kappa shape index (κ2) is 14.4. The average Bonchev–Trinajstić information content (AvgIpc) is 2.84. The van der Waals surface area contributed by atoms with Crippen LogP contribution in [0.15, 0.2) is 54.6 Å². The zero-order chi connectivity index (χ0) is 31.8. The van der Waals surface area contributed by atoms with Crippen molar-refractivity contribution >= 4 is 23.8 Å². The number of carbonyl (C=O) groups excluding carboxylic acids is 3. The van der Waals surface area contributed by atoms with Gasteiger partial charge >= 0.3 is 11.9 Å². The molecule has 0 aliphatic heterocycles. The van der Waals surface area contributed by atoms with Crippen LogP contribution in [0.3, 0.4) is 0 Å². The number of nitrogens with zero attached hydrogens (tertiary/aromatic N) is 1. The van der Waals surface area contributed by atoms with Gasteiger partial charge in [0.15, 0.2) is 0 Å². The van der Waals surface area contributed by atoms with Crippen LogP contribution in [0.1, 0.15) is 74.3 Å². The van der Waals surface area contributed by atoms with E-state index in [2.05, 4.69) is 17.2 Å². The first-order chi connectivity index (χ1) is 18.7. The lowest BCUT2D eigenvalue weighted by atomic mass is 9.76. The van der Waals surface area contributed by atoms with E-state index >= 15 is 0 Å². The first kappa shape index (κ1) is 35.6. The minimum absolute atomic E-state index is 0.101. The van der Waals surface area contributed by atoms with Crippen LogP contribution in [0.25, 0.3) is 0 Å². The maximum atomic E-state index is 14.0. The van der Waals surface area contributed by atoms with Crippen molar-refractivity contribution < 1.29 is 29.0 Å². The Balaban J connectivity index is 3.43.